The Morgan fingerprint density at radius 2 is 2.13 bits per heavy atom. The average molecular weight is 440 g/mol. The van der Waals surface area contributed by atoms with E-state index < -0.39 is 22.5 Å². The summed E-state index contributed by atoms with van der Waals surface area (Å²) in [6.07, 6.45) is -3.77. The molecule has 0 aliphatic heterocycles. The number of nitrogens with zero attached hydrogens (tertiary/aromatic N) is 4. The number of hydrogen-bond donors (Lipinski definition) is 1. The van der Waals surface area contributed by atoms with Gasteiger partial charge in [0, 0.05) is 18.2 Å². The zero-order chi connectivity index (χ0) is 22.3. The van der Waals surface area contributed by atoms with Crippen molar-refractivity contribution in [2.45, 2.75) is 19.7 Å². The van der Waals surface area contributed by atoms with Gasteiger partial charge in [0.25, 0.3) is 0 Å². The van der Waals surface area contributed by atoms with Gasteiger partial charge in [-0.1, -0.05) is 35.0 Å². The number of alkyl halides is 3. The molecule has 0 atom stereocenters. The van der Waals surface area contributed by atoms with E-state index >= 15 is 0 Å². The molecule has 0 saturated carbocycles. The average Bonchev–Trinajstić information content (AvgIpc) is 2.69. The molecule has 0 amide bonds. The van der Waals surface area contributed by atoms with Gasteiger partial charge in [-0.25, -0.2) is 10.5 Å². The number of aromatic nitrogens is 1. The molecule has 0 unspecified atom stereocenters. The fourth-order valence-corrected chi connectivity index (χ4v) is 2.80. The number of hydroxylamine groups is 1. The second-order valence-electron chi connectivity index (χ2n) is 5.86. The first kappa shape index (κ1) is 23.1. The third kappa shape index (κ3) is 5.46. The van der Waals surface area contributed by atoms with Crippen molar-refractivity contribution in [2.24, 2.45) is 10.1 Å². The normalized spacial score (nSPS) is 12.1. The molecular formula is C19H17ClF3N5O2. The Morgan fingerprint density at radius 1 is 1.40 bits per heavy atom. The lowest BCUT2D eigenvalue weighted by Gasteiger charge is -2.14. The van der Waals surface area contributed by atoms with Gasteiger partial charge in [0.05, 0.1) is 24.6 Å². The van der Waals surface area contributed by atoms with Crippen molar-refractivity contribution >= 4 is 23.7 Å². The molecule has 0 saturated heterocycles. The van der Waals surface area contributed by atoms with Gasteiger partial charge >= 0.3 is 6.18 Å². The number of amidine groups is 1. The van der Waals surface area contributed by atoms with Crippen molar-refractivity contribution < 1.29 is 22.8 Å². The summed E-state index contributed by atoms with van der Waals surface area (Å²) in [5, 5.41) is 12.0. The lowest BCUT2D eigenvalue weighted by Crippen LogP contribution is -2.24. The molecule has 158 valence electrons. The smallest absolute Gasteiger partial charge is 0.391 e. The molecule has 2 aromatic rings. The number of hydrogen-bond acceptors (Lipinski definition) is 6. The van der Waals surface area contributed by atoms with Crippen LogP contribution in [0.5, 0.6) is 0 Å². The Kier molecular flexibility index (Phi) is 7.74. The van der Waals surface area contributed by atoms with Crippen LogP contribution in [0.2, 0.25) is 5.15 Å². The maximum atomic E-state index is 13.1. The highest BCUT2D eigenvalue weighted by Gasteiger charge is 2.35. The summed E-state index contributed by atoms with van der Waals surface area (Å²) in [5.74, 6) is 0.471. The van der Waals surface area contributed by atoms with Gasteiger partial charge in [0.15, 0.2) is 5.84 Å². The van der Waals surface area contributed by atoms with Crippen molar-refractivity contribution in [3.8, 4) is 6.07 Å². The topological polar surface area (TPSA) is 91.9 Å². The van der Waals surface area contributed by atoms with Crippen LogP contribution in [0.1, 0.15) is 33.5 Å². The first-order valence-corrected chi connectivity index (χ1v) is 8.78. The molecule has 11 heteroatoms. The molecule has 0 aliphatic rings. The summed E-state index contributed by atoms with van der Waals surface area (Å²) >= 11 is 5.70. The van der Waals surface area contributed by atoms with E-state index in [1.165, 1.54) is 13.2 Å². The van der Waals surface area contributed by atoms with E-state index in [-0.39, 0.29) is 12.3 Å². The zero-order valence-electron chi connectivity index (χ0n) is 16.2. The van der Waals surface area contributed by atoms with Crippen LogP contribution in [0.25, 0.3) is 0 Å². The Labute approximate surface area is 175 Å². The van der Waals surface area contributed by atoms with Crippen molar-refractivity contribution in [3.63, 3.8) is 0 Å². The van der Waals surface area contributed by atoms with E-state index in [1.54, 1.807) is 13.1 Å². The molecule has 0 radical (unpaired) electrons. The summed E-state index contributed by atoms with van der Waals surface area (Å²) in [7, 11) is 3.04. The van der Waals surface area contributed by atoms with Crippen LogP contribution >= 0.6 is 11.6 Å². The van der Waals surface area contributed by atoms with E-state index in [1.807, 2.05) is 19.1 Å². The third-order valence-corrected chi connectivity index (χ3v) is 4.24. The quantitative estimate of drug-likeness (QED) is 0.318. The van der Waals surface area contributed by atoms with Gasteiger partial charge in [0.2, 0.25) is 0 Å². The van der Waals surface area contributed by atoms with Crippen molar-refractivity contribution in [3.05, 3.63) is 62.9 Å². The van der Waals surface area contributed by atoms with Crippen LogP contribution in [0, 0.1) is 18.3 Å². The number of nitrogens with one attached hydrogen (secondary N) is 1. The minimum atomic E-state index is -4.76. The van der Waals surface area contributed by atoms with Crippen molar-refractivity contribution in [1.82, 2.24) is 10.5 Å². The summed E-state index contributed by atoms with van der Waals surface area (Å²) in [6, 6.07) is 7.60. The Balaban J connectivity index is 2.25. The lowest BCUT2D eigenvalue weighted by molar-refractivity contribution is -0.137. The molecular weight excluding hydrogens is 423 g/mol. The maximum absolute atomic E-state index is 13.1. The van der Waals surface area contributed by atoms with Gasteiger partial charge in [-0.2, -0.15) is 18.4 Å². The van der Waals surface area contributed by atoms with E-state index in [0.29, 0.717) is 17.5 Å². The second-order valence-corrected chi connectivity index (χ2v) is 6.22. The second kappa shape index (κ2) is 10.0. The fourth-order valence-electron chi connectivity index (χ4n) is 2.56. The molecule has 2 rings (SSSR count). The Hall–Kier alpha value is -3.16. The molecule has 0 aliphatic carbocycles. The zero-order valence-corrected chi connectivity index (χ0v) is 17.0. The van der Waals surface area contributed by atoms with E-state index in [0.717, 1.165) is 17.3 Å². The number of oxime groups is 1. The van der Waals surface area contributed by atoms with Crippen LogP contribution in [0.15, 0.2) is 34.4 Å². The third-order valence-electron chi connectivity index (χ3n) is 3.97. The van der Waals surface area contributed by atoms with Crippen molar-refractivity contribution in [2.75, 3.05) is 14.2 Å². The highest BCUT2D eigenvalue weighted by atomic mass is 35.5. The standard InChI is InChI=1S/C19H17ClF3N5O2/c1-11-5-4-6-13(18(25-2)28-29-3)15(11)10-30-26-9-12-7-16(19(21,22)23)14(8-24)17(20)27-12/h4-7,9H,10H2,1-3H3,(H,25,28)/b26-9+. The molecule has 0 bridgehead atoms. The molecule has 1 aromatic heterocycles. The van der Waals surface area contributed by atoms with Gasteiger partial charge < -0.3 is 4.84 Å². The number of benzene rings is 1. The fraction of sp³-hybridized carbons (Fsp3) is 0.263. The van der Waals surface area contributed by atoms with Crippen LogP contribution in [0.4, 0.5) is 13.2 Å². The lowest BCUT2D eigenvalue weighted by atomic mass is 10.0. The first-order chi connectivity index (χ1) is 14.2. The number of nitriles is 1. The molecule has 1 heterocycles. The minimum Gasteiger partial charge on any atom is -0.391 e. The molecule has 0 spiro atoms. The summed E-state index contributed by atoms with van der Waals surface area (Å²) < 4.78 is 39.4. The van der Waals surface area contributed by atoms with Gasteiger partial charge in [-0.3, -0.25) is 9.83 Å². The van der Waals surface area contributed by atoms with Gasteiger partial charge in [-0.05, 0) is 18.6 Å². The predicted molar refractivity (Wildman–Crippen MR) is 105 cm³/mol. The summed E-state index contributed by atoms with van der Waals surface area (Å²) in [5.41, 5.74) is 2.89. The van der Waals surface area contributed by atoms with Crippen LogP contribution in [-0.2, 0) is 22.5 Å². The Morgan fingerprint density at radius 3 is 2.73 bits per heavy atom. The number of pyridine rings is 1. The Bertz CT molecular complexity index is 1020. The summed E-state index contributed by atoms with van der Waals surface area (Å²) in [6.45, 7) is 1.88. The molecule has 0 fully saturated rings. The monoisotopic (exact) mass is 439 g/mol. The maximum Gasteiger partial charge on any atom is 0.417 e. The van der Waals surface area contributed by atoms with Crippen LogP contribution < -0.4 is 5.48 Å². The van der Waals surface area contributed by atoms with Crippen molar-refractivity contribution in [1.29, 1.82) is 5.26 Å². The van der Waals surface area contributed by atoms with Gasteiger partial charge in [-0.15, -0.1) is 0 Å². The van der Waals surface area contributed by atoms with E-state index in [9.17, 15) is 13.2 Å². The largest absolute Gasteiger partial charge is 0.417 e. The van der Waals surface area contributed by atoms with Crippen LogP contribution in [0.3, 0.4) is 0 Å². The predicted octanol–water partition coefficient (Wildman–Crippen LogP) is 4.01. The van der Waals surface area contributed by atoms with Crippen LogP contribution in [-0.4, -0.2) is 31.2 Å². The minimum absolute atomic E-state index is 0.0130. The number of rotatable bonds is 6. The number of aryl methyl sites for hydroxylation is 1. The molecule has 7 nitrogen and oxygen atoms in total. The number of halogens is 4. The molecule has 30 heavy (non-hydrogen) atoms. The molecule has 1 N–H and O–H groups in total. The highest BCUT2D eigenvalue weighted by molar-refractivity contribution is 6.30. The molecule has 1 aromatic carbocycles. The van der Waals surface area contributed by atoms with E-state index in [2.05, 4.69) is 20.6 Å². The van der Waals surface area contributed by atoms with E-state index in [4.69, 9.17) is 26.5 Å². The first-order valence-electron chi connectivity index (χ1n) is 8.40. The summed E-state index contributed by atoms with van der Waals surface area (Å²) in [4.78, 5) is 18.0. The SMILES string of the molecule is CN=C(NOC)c1cccc(C)c1CO/N=C/c1cc(C(F)(F)F)c(C#N)c(Cl)n1. The van der Waals surface area contributed by atoms with Gasteiger partial charge in [0.1, 0.15) is 23.4 Å². The number of aliphatic imine (C=N–C) groups is 1. The highest BCUT2D eigenvalue weighted by Crippen LogP contribution is 2.34.